The van der Waals surface area contributed by atoms with Crippen molar-refractivity contribution in [3.05, 3.63) is 100 Å². The Labute approximate surface area is 195 Å². The van der Waals surface area contributed by atoms with E-state index in [1.165, 1.54) is 17.6 Å². The summed E-state index contributed by atoms with van der Waals surface area (Å²) in [5.74, 6) is 0.00405. The van der Waals surface area contributed by atoms with Gasteiger partial charge in [0.2, 0.25) is 0 Å². The van der Waals surface area contributed by atoms with Gasteiger partial charge in [-0.1, -0.05) is 12.1 Å². The number of hydrogen-bond donors (Lipinski definition) is 2. The van der Waals surface area contributed by atoms with Crippen LogP contribution in [0, 0.1) is 6.92 Å². The van der Waals surface area contributed by atoms with Crippen molar-refractivity contribution in [2.45, 2.75) is 13.5 Å². The van der Waals surface area contributed by atoms with Crippen LogP contribution in [0.2, 0.25) is 0 Å². The number of methoxy groups -OCH3 is 1. The molecule has 0 saturated heterocycles. The number of aryl methyl sites for hydroxylation is 1. The number of aromatic nitrogens is 2. The standard InChI is InChI=1S/C25H22N4O5/c1-16-11-12-29-22(13-16)26-18(14-23(29)30)15-34-19-9-7-17(8-10-19)27-25(32)28-21-6-4-3-5-20(21)24(31)33-2/h3-14H,15H2,1-2H3,(H2,27,28,32). The molecule has 0 bridgehead atoms. The fourth-order valence-electron chi connectivity index (χ4n) is 3.28. The first-order valence-corrected chi connectivity index (χ1v) is 10.4. The fraction of sp³-hybridized carbons (Fsp3) is 0.120. The molecule has 0 spiro atoms. The van der Waals surface area contributed by atoms with Crippen LogP contribution in [-0.4, -0.2) is 28.5 Å². The molecule has 0 radical (unpaired) electrons. The fourth-order valence-corrected chi connectivity index (χ4v) is 3.28. The third-order valence-electron chi connectivity index (χ3n) is 4.96. The summed E-state index contributed by atoms with van der Waals surface area (Å²) in [5, 5.41) is 5.33. The number of esters is 1. The van der Waals surface area contributed by atoms with Crippen LogP contribution in [-0.2, 0) is 11.3 Å². The Morgan fingerprint density at radius 3 is 2.53 bits per heavy atom. The number of rotatable bonds is 6. The number of ether oxygens (including phenoxy) is 2. The maximum Gasteiger partial charge on any atom is 0.339 e. The molecule has 0 fully saturated rings. The highest BCUT2D eigenvalue weighted by Gasteiger charge is 2.13. The van der Waals surface area contributed by atoms with Crippen LogP contribution < -0.4 is 20.9 Å². The molecule has 0 aliphatic heterocycles. The topological polar surface area (TPSA) is 111 Å². The molecular weight excluding hydrogens is 436 g/mol. The summed E-state index contributed by atoms with van der Waals surface area (Å²) in [5.41, 5.74) is 3.01. The number of carbonyl (C=O) groups excluding carboxylic acids is 2. The van der Waals surface area contributed by atoms with E-state index in [-0.39, 0.29) is 17.7 Å². The number of fused-ring (bicyclic) bond motifs is 1. The van der Waals surface area contributed by atoms with E-state index in [1.807, 2.05) is 19.1 Å². The van der Waals surface area contributed by atoms with Crippen molar-refractivity contribution in [3.8, 4) is 5.75 Å². The Bertz CT molecular complexity index is 1410. The van der Waals surface area contributed by atoms with Gasteiger partial charge < -0.3 is 20.1 Å². The first kappa shape index (κ1) is 22.5. The predicted octanol–water partition coefficient (Wildman–Crippen LogP) is 4.01. The summed E-state index contributed by atoms with van der Waals surface area (Å²) in [6, 6.07) is 17.9. The van der Waals surface area contributed by atoms with E-state index in [9.17, 15) is 14.4 Å². The lowest BCUT2D eigenvalue weighted by Crippen LogP contribution is -2.21. The second kappa shape index (κ2) is 9.86. The van der Waals surface area contributed by atoms with Gasteiger partial charge >= 0.3 is 12.0 Å². The highest BCUT2D eigenvalue weighted by Crippen LogP contribution is 2.19. The minimum absolute atomic E-state index is 0.122. The molecule has 0 aliphatic rings. The Hall–Kier alpha value is -4.66. The molecule has 2 N–H and O–H groups in total. The monoisotopic (exact) mass is 458 g/mol. The molecule has 9 nitrogen and oxygen atoms in total. The Morgan fingerprint density at radius 1 is 1.00 bits per heavy atom. The average molecular weight is 458 g/mol. The van der Waals surface area contributed by atoms with Gasteiger partial charge in [0.25, 0.3) is 5.56 Å². The molecule has 2 heterocycles. The van der Waals surface area contributed by atoms with Crippen LogP contribution in [0.15, 0.2) is 77.7 Å². The zero-order chi connectivity index (χ0) is 24.1. The molecular formula is C25H22N4O5. The zero-order valence-corrected chi connectivity index (χ0v) is 18.6. The van der Waals surface area contributed by atoms with Gasteiger partial charge in [0, 0.05) is 18.0 Å². The van der Waals surface area contributed by atoms with Crippen molar-refractivity contribution in [2.24, 2.45) is 0 Å². The van der Waals surface area contributed by atoms with E-state index in [2.05, 4.69) is 15.6 Å². The van der Waals surface area contributed by atoms with Crippen molar-refractivity contribution >= 4 is 29.0 Å². The molecule has 9 heteroatoms. The minimum Gasteiger partial charge on any atom is -0.487 e. The first-order chi connectivity index (χ1) is 16.4. The van der Waals surface area contributed by atoms with Crippen LogP contribution >= 0.6 is 0 Å². The molecule has 4 aromatic rings. The maximum absolute atomic E-state index is 12.4. The number of anilines is 2. The van der Waals surface area contributed by atoms with Crippen molar-refractivity contribution in [2.75, 3.05) is 17.7 Å². The van der Waals surface area contributed by atoms with Gasteiger partial charge in [-0.25, -0.2) is 14.6 Å². The zero-order valence-electron chi connectivity index (χ0n) is 18.6. The molecule has 0 saturated carbocycles. The van der Waals surface area contributed by atoms with Crippen LogP contribution in [0.25, 0.3) is 5.65 Å². The Balaban J connectivity index is 1.37. The van der Waals surface area contributed by atoms with Crippen molar-refractivity contribution in [3.63, 3.8) is 0 Å². The third-order valence-corrected chi connectivity index (χ3v) is 4.96. The van der Waals surface area contributed by atoms with Crippen LogP contribution in [0.5, 0.6) is 5.75 Å². The maximum atomic E-state index is 12.4. The van der Waals surface area contributed by atoms with Crippen molar-refractivity contribution in [1.29, 1.82) is 0 Å². The molecule has 4 rings (SSSR count). The summed E-state index contributed by atoms with van der Waals surface area (Å²) < 4.78 is 12.0. The minimum atomic E-state index is -0.545. The second-order valence-electron chi connectivity index (χ2n) is 7.45. The predicted molar refractivity (Wildman–Crippen MR) is 127 cm³/mol. The van der Waals surface area contributed by atoms with Gasteiger partial charge in [0.15, 0.2) is 0 Å². The molecule has 2 amide bonds. The number of hydrogen-bond acceptors (Lipinski definition) is 6. The molecule has 0 unspecified atom stereocenters. The summed E-state index contributed by atoms with van der Waals surface area (Å²) in [6.45, 7) is 2.06. The van der Waals surface area contributed by atoms with Gasteiger partial charge in [0.1, 0.15) is 18.0 Å². The molecule has 0 aliphatic carbocycles. The SMILES string of the molecule is COC(=O)c1ccccc1NC(=O)Nc1ccc(OCc2cc(=O)n3ccc(C)cc3n2)cc1. The highest BCUT2D eigenvalue weighted by atomic mass is 16.5. The number of amides is 2. The first-order valence-electron chi connectivity index (χ1n) is 10.4. The van der Waals surface area contributed by atoms with Crippen LogP contribution in [0.4, 0.5) is 16.2 Å². The summed E-state index contributed by atoms with van der Waals surface area (Å²) in [4.78, 5) is 40.9. The van der Waals surface area contributed by atoms with E-state index in [0.717, 1.165) is 5.56 Å². The lowest BCUT2D eigenvalue weighted by Gasteiger charge is -2.11. The van der Waals surface area contributed by atoms with Crippen molar-refractivity contribution in [1.82, 2.24) is 9.38 Å². The van der Waals surface area contributed by atoms with E-state index in [4.69, 9.17) is 9.47 Å². The van der Waals surface area contributed by atoms with Gasteiger partial charge in [-0.3, -0.25) is 9.20 Å². The summed E-state index contributed by atoms with van der Waals surface area (Å²) >= 11 is 0. The van der Waals surface area contributed by atoms with Crippen molar-refractivity contribution < 1.29 is 19.1 Å². The lowest BCUT2D eigenvalue weighted by molar-refractivity contribution is 0.0602. The van der Waals surface area contributed by atoms with E-state index < -0.39 is 12.0 Å². The number of benzene rings is 2. The van der Waals surface area contributed by atoms with Gasteiger partial charge in [-0.15, -0.1) is 0 Å². The Morgan fingerprint density at radius 2 is 1.76 bits per heavy atom. The van der Waals surface area contributed by atoms with Crippen LogP contribution in [0.3, 0.4) is 0 Å². The van der Waals surface area contributed by atoms with Crippen LogP contribution in [0.1, 0.15) is 21.6 Å². The Kier molecular flexibility index (Phi) is 6.54. The lowest BCUT2D eigenvalue weighted by atomic mass is 10.2. The van der Waals surface area contributed by atoms with Gasteiger partial charge in [0.05, 0.1) is 24.1 Å². The number of carbonyl (C=O) groups is 2. The number of pyridine rings is 1. The quantitative estimate of drug-likeness (QED) is 0.422. The largest absolute Gasteiger partial charge is 0.487 e. The van der Waals surface area contributed by atoms with E-state index in [1.54, 1.807) is 54.7 Å². The van der Waals surface area contributed by atoms with Gasteiger partial charge in [-0.05, 0) is 61.0 Å². The highest BCUT2D eigenvalue weighted by molar-refractivity contribution is 6.05. The van der Waals surface area contributed by atoms with Gasteiger partial charge in [-0.2, -0.15) is 0 Å². The third kappa shape index (κ3) is 5.21. The summed E-state index contributed by atoms with van der Waals surface area (Å²) in [6.07, 6.45) is 1.69. The molecule has 2 aromatic carbocycles. The molecule has 2 aromatic heterocycles. The smallest absolute Gasteiger partial charge is 0.339 e. The van der Waals surface area contributed by atoms with E-state index >= 15 is 0 Å². The molecule has 34 heavy (non-hydrogen) atoms. The normalized spacial score (nSPS) is 10.5. The number of urea groups is 1. The van der Waals surface area contributed by atoms with E-state index in [0.29, 0.717) is 28.5 Å². The number of nitrogens with one attached hydrogen (secondary N) is 2. The molecule has 0 atom stereocenters. The number of para-hydroxylation sites is 1. The number of nitrogens with zero attached hydrogens (tertiary/aromatic N) is 2. The second-order valence-corrected chi connectivity index (χ2v) is 7.45. The summed E-state index contributed by atoms with van der Waals surface area (Å²) in [7, 11) is 1.28. The average Bonchev–Trinajstić information content (AvgIpc) is 2.83. The molecule has 172 valence electrons.